The first-order valence-corrected chi connectivity index (χ1v) is 7.02. The fourth-order valence-electron chi connectivity index (χ4n) is 2.59. The molecule has 5 nitrogen and oxygen atoms in total. The largest absolute Gasteiger partial charge is 0.271 e. The average molecular weight is 273 g/mol. The van der Waals surface area contributed by atoms with Crippen molar-refractivity contribution in [3.63, 3.8) is 0 Å². The van der Waals surface area contributed by atoms with Crippen molar-refractivity contribution in [1.29, 1.82) is 0 Å². The highest BCUT2D eigenvalue weighted by Gasteiger charge is 2.13. The second kappa shape index (κ2) is 6.63. The quantitative estimate of drug-likeness (QED) is 0.618. The predicted molar refractivity (Wildman–Crippen MR) is 80.1 cm³/mol. The van der Waals surface area contributed by atoms with Crippen molar-refractivity contribution in [3.8, 4) is 0 Å². The molecule has 2 rings (SSSR count). The third-order valence-electron chi connectivity index (χ3n) is 3.42. The van der Waals surface area contributed by atoms with Gasteiger partial charge in [-0.3, -0.25) is 16.0 Å². The minimum absolute atomic E-state index is 0.158. The topological polar surface area (TPSA) is 68.8 Å². The first-order valence-electron chi connectivity index (χ1n) is 7.02. The van der Waals surface area contributed by atoms with Gasteiger partial charge in [-0.1, -0.05) is 29.3 Å². The molecule has 0 spiro atoms. The highest BCUT2D eigenvalue weighted by molar-refractivity contribution is 5.29. The van der Waals surface area contributed by atoms with Gasteiger partial charge in [0, 0.05) is 19.0 Å². The maximum absolute atomic E-state index is 5.70. The Morgan fingerprint density at radius 1 is 1.20 bits per heavy atom. The van der Waals surface area contributed by atoms with Crippen molar-refractivity contribution in [2.24, 2.45) is 5.84 Å². The first-order chi connectivity index (χ1) is 9.62. The van der Waals surface area contributed by atoms with E-state index in [9.17, 15) is 0 Å². The van der Waals surface area contributed by atoms with Gasteiger partial charge in [0.05, 0.1) is 0 Å². The van der Waals surface area contributed by atoms with E-state index < -0.39 is 0 Å². The Morgan fingerprint density at radius 2 is 1.90 bits per heavy atom. The summed E-state index contributed by atoms with van der Waals surface area (Å²) >= 11 is 0. The number of aryl methyl sites for hydroxylation is 3. The summed E-state index contributed by atoms with van der Waals surface area (Å²) < 4.78 is 1.91. The number of hydrogen-bond acceptors (Lipinski definition) is 4. The van der Waals surface area contributed by atoms with Gasteiger partial charge in [0.2, 0.25) is 0 Å². The monoisotopic (exact) mass is 273 g/mol. The Labute approximate surface area is 120 Å². The molecule has 1 aromatic heterocycles. The molecule has 0 bridgehead atoms. The van der Waals surface area contributed by atoms with Gasteiger partial charge >= 0.3 is 0 Å². The summed E-state index contributed by atoms with van der Waals surface area (Å²) in [5.41, 5.74) is 6.77. The van der Waals surface area contributed by atoms with E-state index in [4.69, 9.17) is 5.84 Å². The highest BCUT2D eigenvalue weighted by atomic mass is 15.3. The molecule has 1 heterocycles. The molecule has 5 heteroatoms. The van der Waals surface area contributed by atoms with Gasteiger partial charge in [0.1, 0.15) is 12.2 Å². The SMILES string of the molecule is CCn1ncnc1CC(Cc1cc(C)cc(C)c1)NN. The van der Waals surface area contributed by atoms with E-state index in [2.05, 4.69) is 54.5 Å². The van der Waals surface area contributed by atoms with E-state index in [1.165, 1.54) is 16.7 Å². The van der Waals surface area contributed by atoms with Crippen molar-refractivity contribution in [2.75, 3.05) is 0 Å². The van der Waals surface area contributed by atoms with Crippen LogP contribution < -0.4 is 11.3 Å². The summed E-state index contributed by atoms with van der Waals surface area (Å²) in [6.45, 7) is 7.13. The van der Waals surface area contributed by atoms with Gasteiger partial charge in [-0.05, 0) is 32.8 Å². The van der Waals surface area contributed by atoms with Crippen LogP contribution in [0.1, 0.15) is 29.4 Å². The molecule has 0 aliphatic carbocycles. The zero-order valence-electron chi connectivity index (χ0n) is 12.4. The highest BCUT2D eigenvalue weighted by Crippen LogP contribution is 2.12. The summed E-state index contributed by atoms with van der Waals surface area (Å²) in [4.78, 5) is 4.31. The van der Waals surface area contributed by atoms with Crippen molar-refractivity contribution in [1.82, 2.24) is 20.2 Å². The molecule has 0 aliphatic heterocycles. The lowest BCUT2D eigenvalue weighted by atomic mass is 9.99. The third kappa shape index (κ3) is 3.65. The molecule has 20 heavy (non-hydrogen) atoms. The number of hydrogen-bond donors (Lipinski definition) is 2. The molecule has 1 atom stereocenters. The van der Waals surface area contributed by atoms with Crippen molar-refractivity contribution in [2.45, 2.75) is 46.2 Å². The van der Waals surface area contributed by atoms with Crippen LogP contribution in [0.3, 0.4) is 0 Å². The van der Waals surface area contributed by atoms with Crippen LogP contribution in [0.5, 0.6) is 0 Å². The van der Waals surface area contributed by atoms with Crippen LogP contribution in [0.4, 0.5) is 0 Å². The molecule has 108 valence electrons. The Balaban J connectivity index is 2.09. The smallest absolute Gasteiger partial charge is 0.138 e. The van der Waals surface area contributed by atoms with Crippen LogP contribution in [0, 0.1) is 13.8 Å². The molecule has 2 aromatic rings. The molecule has 0 saturated carbocycles. The number of nitrogens with one attached hydrogen (secondary N) is 1. The van der Waals surface area contributed by atoms with Crippen LogP contribution in [0.25, 0.3) is 0 Å². The molecule has 1 aromatic carbocycles. The molecule has 0 aliphatic rings. The maximum atomic E-state index is 5.70. The minimum Gasteiger partial charge on any atom is -0.271 e. The minimum atomic E-state index is 0.158. The molecular weight excluding hydrogens is 250 g/mol. The number of aromatic nitrogens is 3. The standard InChI is InChI=1S/C15H23N5/c1-4-20-15(17-10-18-20)9-14(19-16)8-13-6-11(2)5-12(3)7-13/h5-7,10,14,19H,4,8-9,16H2,1-3H3. The molecule has 1 unspecified atom stereocenters. The number of benzene rings is 1. The van der Waals surface area contributed by atoms with Crippen LogP contribution >= 0.6 is 0 Å². The van der Waals surface area contributed by atoms with Crippen molar-refractivity contribution < 1.29 is 0 Å². The zero-order chi connectivity index (χ0) is 14.5. The Kier molecular flexibility index (Phi) is 4.87. The van der Waals surface area contributed by atoms with Gasteiger partial charge < -0.3 is 0 Å². The van der Waals surface area contributed by atoms with E-state index >= 15 is 0 Å². The van der Waals surface area contributed by atoms with Gasteiger partial charge in [0.15, 0.2) is 0 Å². The van der Waals surface area contributed by atoms with Crippen LogP contribution in [-0.2, 0) is 19.4 Å². The molecule has 0 radical (unpaired) electrons. The van der Waals surface area contributed by atoms with E-state index in [1.54, 1.807) is 6.33 Å². The Bertz CT molecular complexity index is 541. The lowest BCUT2D eigenvalue weighted by Gasteiger charge is -2.16. The summed E-state index contributed by atoms with van der Waals surface area (Å²) in [5.74, 6) is 6.67. The van der Waals surface area contributed by atoms with Gasteiger partial charge in [0.25, 0.3) is 0 Å². The lowest BCUT2D eigenvalue weighted by Crippen LogP contribution is -2.39. The first kappa shape index (κ1) is 14.7. The van der Waals surface area contributed by atoms with Gasteiger partial charge in [-0.25, -0.2) is 4.98 Å². The lowest BCUT2D eigenvalue weighted by molar-refractivity contribution is 0.490. The van der Waals surface area contributed by atoms with Crippen molar-refractivity contribution >= 4 is 0 Å². The number of rotatable bonds is 6. The predicted octanol–water partition coefficient (Wildman–Crippen LogP) is 1.53. The number of hydrazine groups is 1. The molecule has 0 amide bonds. The van der Waals surface area contributed by atoms with Gasteiger partial charge in [-0.2, -0.15) is 5.10 Å². The second-order valence-electron chi connectivity index (χ2n) is 5.26. The fourth-order valence-corrected chi connectivity index (χ4v) is 2.59. The molecule has 3 N–H and O–H groups in total. The van der Waals surface area contributed by atoms with Crippen molar-refractivity contribution in [3.05, 3.63) is 47.0 Å². The summed E-state index contributed by atoms with van der Waals surface area (Å²) in [5, 5.41) is 4.19. The summed E-state index contributed by atoms with van der Waals surface area (Å²) in [6.07, 6.45) is 3.26. The molecule has 0 fully saturated rings. The van der Waals surface area contributed by atoms with Crippen LogP contribution in [0.15, 0.2) is 24.5 Å². The van der Waals surface area contributed by atoms with Gasteiger partial charge in [-0.15, -0.1) is 0 Å². The van der Waals surface area contributed by atoms with E-state index in [1.807, 2.05) is 4.68 Å². The van der Waals surface area contributed by atoms with Crippen LogP contribution in [0.2, 0.25) is 0 Å². The average Bonchev–Trinajstić information content (AvgIpc) is 2.84. The molecular formula is C15H23N5. The summed E-state index contributed by atoms with van der Waals surface area (Å²) in [7, 11) is 0. The van der Waals surface area contributed by atoms with Crippen LogP contribution in [-0.4, -0.2) is 20.8 Å². The number of nitrogens with two attached hydrogens (primary N) is 1. The second-order valence-corrected chi connectivity index (χ2v) is 5.26. The van der Waals surface area contributed by atoms with E-state index in [-0.39, 0.29) is 6.04 Å². The zero-order valence-corrected chi connectivity index (χ0v) is 12.4. The van der Waals surface area contributed by atoms with E-state index in [0.29, 0.717) is 0 Å². The summed E-state index contributed by atoms with van der Waals surface area (Å²) in [6, 6.07) is 6.76. The maximum Gasteiger partial charge on any atom is 0.138 e. The third-order valence-corrected chi connectivity index (χ3v) is 3.42. The number of nitrogens with zero attached hydrogens (tertiary/aromatic N) is 3. The Morgan fingerprint density at radius 3 is 2.50 bits per heavy atom. The molecule has 0 saturated heterocycles. The fraction of sp³-hybridized carbons (Fsp3) is 0.467. The normalized spacial score (nSPS) is 12.6. The Hall–Kier alpha value is -1.72. The van der Waals surface area contributed by atoms with E-state index in [0.717, 1.165) is 25.2 Å².